The van der Waals surface area contributed by atoms with Crippen molar-refractivity contribution < 1.29 is 9.39 Å². The van der Waals surface area contributed by atoms with E-state index < -0.39 is 0 Å². The van der Waals surface area contributed by atoms with Crippen LogP contribution in [0.1, 0.15) is 0 Å². The zero-order chi connectivity index (χ0) is 30.2. The minimum atomic E-state index is -0.296. The molecule has 10 rings (SSSR count). The van der Waals surface area contributed by atoms with Crippen molar-refractivity contribution in [3.05, 3.63) is 158 Å². The molecule has 1 aromatic heterocycles. The molecule has 0 N–H and O–H groups in total. The fraction of sp³-hybridized carbons (Fsp3) is 0. The lowest BCUT2D eigenvalue weighted by atomic mass is 9.50. The van der Waals surface area contributed by atoms with Crippen molar-refractivity contribution >= 4 is 39.6 Å². The summed E-state index contributed by atoms with van der Waals surface area (Å²) in [6, 6.07) is 55.8. The first-order valence-corrected chi connectivity index (χ1v) is 15.7. The van der Waals surface area contributed by atoms with Gasteiger partial charge in [-0.15, -0.1) is 0 Å². The van der Waals surface area contributed by atoms with Crippen molar-refractivity contribution in [3.8, 4) is 56.3 Å². The van der Waals surface area contributed by atoms with Gasteiger partial charge in [0.05, 0.1) is 11.0 Å². The Labute approximate surface area is 267 Å². The van der Waals surface area contributed by atoms with E-state index in [2.05, 4.69) is 156 Å². The van der Waals surface area contributed by atoms with Crippen LogP contribution in [0.25, 0.3) is 60.9 Å². The standard InChI is InChI=1S/C42H26BNO2/c1-2-12-27(13-3-1)30-14-4-5-15-31(30)28-24-35-34-18-8-11-21-39(34)46-43-36-26-29(22-23-40(36)45-41(25-28)42(35)43)44-37-19-9-6-16-32(37)33-17-7-10-20-38(33)44/h1-26H. The second kappa shape index (κ2) is 9.75. The molecular weight excluding hydrogens is 561 g/mol. The van der Waals surface area contributed by atoms with Gasteiger partial charge in [-0.2, -0.15) is 0 Å². The minimum absolute atomic E-state index is 0.296. The van der Waals surface area contributed by atoms with E-state index >= 15 is 0 Å². The van der Waals surface area contributed by atoms with Crippen LogP contribution >= 0.6 is 0 Å². The lowest BCUT2D eigenvalue weighted by Crippen LogP contribution is -2.53. The maximum atomic E-state index is 6.86. The van der Waals surface area contributed by atoms with Crippen LogP contribution in [-0.4, -0.2) is 11.5 Å². The Morgan fingerprint density at radius 2 is 1.07 bits per heavy atom. The van der Waals surface area contributed by atoms with Gasteiger partial charge in [0.2, 0.25) is 0 Å². The fourth-order valence-corrected chi connectivity index (χ4v) is 7.45. The molecule has 0 unspecified atom stereocenters. The number of nitrogens with zero attached hydrogens (tertiary/aromatic N) is 1. The highest BCUT2D eigenvalue weighted by Gasteiger charge is 2.41. The molecule has 4 heteroatoms. The Morgan fingerprint density at radius 3 is 1.83 bits per heavy atom. The second-order valence-electron chi connectivity index (χ2n) is 12.0. The molecule has 0 amide bonds. The smallest absolute Gasteiger partial charge is 0.434 e. The number of rotatable bonds is 3. The lowest BCUT2D eigenvalue weighted by Gasteiger charge is -2.33. The zero-order valence-electron chi connectivity index (χ0n) is 24.9. The number of para-hydroxylation sites is 3. The normalized spacial score (nSPS) is 12.7. The van der Waals surface area contributed by atoms with Crippen LogP contribution in [0.5, 0.6) is 17.2 Å². The van der Waals surface area contributed by atoms with Gasteiger partial charge in [-0.1, -0.05) is 109 Å². The summed E-state index contributed by atoms with van der Waals surface area (Å²) in [4.78, 5) is 0. The van der Waals surface area contributed by atoms with E-state index in [1.54, 1.807) is 0 Å². The van der Waals surface area contributed by atoms with Crippen molar-refractivity contribution in [3.63, 3.8) is 0 Å². The van der Waals surface area contributed by atoms with Gasteiger partial charge >= 0.3 is 6.92 Å². The molecule has 7 aromatic carbocycles. The Hall–Kier alpha value is -6.00. The molecule has 0 aliphatic carbocycles. The lowest BCUT2D eigenvalue weighted by molar-refractivity contribution is 0.479. The van der Waals surface area contributed by atoms with Crippen LogP contribution < -0.4 is 20.3 Å². The molecule has 0 spiro atoms. The van der Waals surface area contributed by atoms with Crippen molar-refractivity contribution in [2.75, 3.05) is 0 Å². The summed E-state index contributed by atoms with van der Waals surface area (Å²) in [5, 5.41) is 2.48. The molecule has 2 aliphatic rings. The summed E-state index contributed by atoms with van der Waals surface area (Å²) in [7, 11) is 0. The Balaban J connectivity index is 1.18. The van der Waals surface area contributed by atoms with Crippen LogP contribution in [0.15, 0.2) is 158 Å². The van der Waals surface area contributed by atoms with E-state index in [0.29, 0.717) is 0 Å². The van der Waals surface area contributed by atoms with Gasteiger partial charge in [0.1, 0.15) is 17.2 Å². The SMILES string of the molecule is c1ccc(-c2ccccc2-c2cc3c4c(c2)-c2ccccc2OB4c2cc(-n4c5ccccc5c5ccccc54)ccc2O3)cc1. The van der Waals surface area contributed by atoms with E-state index in [1.165, 1.54) is 38.5 Å². The maximum Gasteiger partial charge on any atom is 0.434 e. The van der Waals surface area contributed by atoms with Crippen molar-refractivity contribution in [2.45, 2.75) is 0 Å². The Bertz CT molecular complexity index is 2440. The molecule has 46 heavy (non-hydrogen) atoms. The average molecular weight is 587 g/mol. The molecule has 3 nitrogen and oxygen atoms in total. The third kappa shape index (κ3) is 3.67. The molecule has 0 saturated heterocycles. The summed E-state index contributed by atoms with van der Waals surface area (Å²) < 4.78 is 16.0. The van der Waals surface area contributed by atoms with Crippen LogP contribution in [0, 0.1) is 0 Å². The third-order valence-corrected chi connectivity index (χ3v) is 9.48. The number of ether oxygens (including phenoxy) is 1. The zero-order valence-corrected chi connectivity index (χ0v) is 24.9. The summed E-state index contributed by atoms with van der Waals surface area (Å²) in [5.41, 5.74) is 12.4. The topological polar surface area (TPSA) is 23.4 Å². The maximum absolute atomic E-state index is 6.86. The summed E-state index contributed by atoms with van der Waals surface area (Å²) in [6.07, 6.45) is 0. The monoisotopic (exact) mass is 587 g/mol. The van der Waals surface area contributed by atoms with E-state index in [9.17, 15) is 0 Å². The molecule has 8 aromatic rings. The van der Waals surface area contributed by atoms with Crippen LogP contribution in [0.3, 0.4) is 0 Å². The number of aromatic nitrogens is 1. The highest BCUT2D eigenvalue weighted by molar-refractivity contribution is 6.84. The van der Waals surface area contributed by atoms with E-state index in [1.807, 2.05) is 6.07 Å². The molecule has 0 saturated carbocycles. The van der Waals surface area contributed by atoms with Gasteiger partial charge in [-0.05, 0) is 76.3 Å². The highest BCUT2D eigenvalue weighted by atomic mass is 16.5. The summed E-state index contributed by atoms with van der Waals surface area (Å²) in [5.74, 6) is 2.54. The number of benzene rings is 7. The van der Waals surface area contributed by atoms with E-state index in [4.69, 9.17) is 9.39 Å². The number of fused-ring (bicyclic) bond motifs is 7. The molecule has 0 radical (unpaired) electrons. The summed E-state index contributed by atoms with van der Waals surface area (Å²) in [6.45, 7) is -0.296. The highest BCUT2D eigenvalue weighted by Crippen LogP contribution is 2.43. The second-order valence-corrected chi connectivity index (χ2v) is 12.0. The van der Waals surface area contributed by atoms with Crippen LogP contribution in [-0.2, 0) is 0 Å². The molecule has 2 aliphatic heterocycles. The van der Waals surface area contributed by atoms with E-state index in [0.717, 1.165) is 50.6 Å². The number of hydrogen-bond acceptors (Lipinski definition) is 2. The predicted molar refractivity (Wildman–Crippen MR) is 189 cm³/mol. The van der Waals surface area contributed by atoms with Gasteiger partial charge < -0.3 is 14.0 Å². The molecule has 0 bridgehead atoms. The molecule has 3 heterocycles. The van der Waals surface area contributed by atoms with E-state index in [-0.39, 0.29) is 6.92 Å². The van der Waals surface area contributed by atoms with Gasteiger partial charge in [0, 0.05) is 32.9 Å². The van der Waals surface area contributed by atoms with Gasteiger partial charge in [0.15, 0.2) is 0 Å². The summed E-state index contributed by atoms with van der Waals surface area (Å²) >= 11 is 0. The van der Waals surface area contributed by atoms with Gasteiger partial charge in [-0.25, -0.2) is 0 Å². The van der Waals surface area contributed by atoms with Gasteiger partial charge in [-0.3, -0.25) is 0 Å². The molecule has 0 fully saturated rings. The number of hydrogen-bond donors (Lipinski definition) is 0. The fourth-order valence-electron chi connectivity index (χ4n) is 7.45. The predicted octanol–water partition coefficient (Wildman–Crippen LogP) is 9.39. The first-order chi connectivity index (χ1) is 22.8. The Morgan fingerprint density at radius 1 is 0.435 bits per heavy atom. The average Bonchev–Trinajstić information content (AvgIpc) is 3.46. The molecule has 214 valence electrons. The molecule has 0 atom stereocenters. The first kappa shape index (κ1) is 25.3. The van der Waals surface area contributed by atoms with Crippen LogP contribution in [0.2, 0.25) is 0 Å². The van der Waals surface area contributed by atoms with Crippen molar-refractivity contribution in [1.29, 1.82) is 0 Å². The Kier molecular flexibility index (Phi) is 5.37. The van der Waals surface area contributed by atoms with Crippen molar-refractivity contribution in [1.82, 2.24) is 4.57 Å². The van der Waals surface area contributed by atoms with Crippen molar-refractivity contribution in [2.24, 2.45) is 0 Å². The quantitative estimate of drug-likeness (QED) is 0.192. The largest absolute Gasteiger partial charge is 0.551 e. The van der Waals surface area contributed by atoms with Gasteiger partial charge in [0.25, 0.3) is 0 Å². The minimum Gasteiger partial charge on any atom is -0.551 e. The third-order valence-electron chi connectivity index (χ3n) is 9.48. The van der Waals surface area contributed by atoms with Crippen LogP contribution in [0.4, 0.5) is 0 Å². The molecular formula is C42H26BNO2. The first-order valence-electron chi connectivity index (χ1n) is 15.7.